The van der Waals surface area contributed by atoms with Gasteiger partial charge < -0.3 is 19.3 Å². The summed E-state index contributed by atoms with van der Waals surface area (Å²) in [7, 11) is 0. The molecule has 0 spiro atoms. The van der Waals surface area contributed by atoms with Crippen molar-refractivity contribution in [1.82, 2.24) is 0 Å². The highest BCUT2D eigenvalue weighted by molar-refractivity contribution is 8.04. The van der Waals surface area contributed by atoms with E-state index in [1.807, 2.05) is 30.0 Å². The van der Waals surface area contributed by atoms with Gasteiger partial charge in [0.15, 0.2) is 0 Å². The van der Waals surface area contributed by atoms with Crippen molar-refractivity contribution in [3.05, 3.63) is 309 Å². The number of halogens is 2. The van der Waals surface area contributed by atoms with Gasteiger partial charge in [-0.1, -0.05) is 193 Å². The third kappa shape index (κ3) is 12.9. The normalized spacial score (nSPS) is 33.7. The van der Waals surface area contributed by atoms with Crippen molar-refractivity contribution in [3.8, 4) is 0 Å². The number of hydrogen-bond acceptors (Lipinski definition) is 5. The topological polar surface area (TPSA) is 24.9 Å². The Morgan fingerprint density at radius 2 is 1.36 bits per heavy atom. The molecule has 16 atom stereocenters. The van der Waals surface area contributed by atoms with Gasteiger partial charge in [-0.25, -0.2) is 8.78 Å². The lowest BCUT2D eigenvalue weighted by Gasteiger charge is -2.51. The minimum atomic E-state index is -0.263. The van der Waals surface area contributed by atoms with Crippen LogP contribution in [0.25, 0.3) is 0 Å². The fourth-order valence-corrected chi connectivity index (χ4v) is 23.9. The molecule has 0 saturated heterocycles. The molecule has 16 unspecified atom stereocenters. The lowest BCUT2D eigenvalue weighted by molar-refractivity contribution is 0.0305. The second kappa shape index (κ2) is 28.6. The lowest BCUT2D eigenvalue weighted by atomic mass is 9.53. The molecular weight excluding hydrogens is 1310 g/mol. The Labute approximate surface area is 630 Å². The van der Waals surface area contributed by atoms with Crippen molar-refractivity contribution >= 4 is 23.1 Å². The van der Waals surface area contributed by atoms with Gasteiger partial charge in [-0.05, 0) is 278 Å². The Balaban J connectivity index is 0.743. The zero-order valence-electron chi connectivity index (χ0n) is 63.1. The van der Waals surface area contributed by atoms with E-state index in [-0.39, 0.29) is 68.7 Å². The molecule has 0 aromatic heterocycles. The number of fused-ring (bicyclic) bond motifs is 8. The first-order chi connectivity index (χ1) is 51.0. The van der Waals surface area contributed by atoms with E-state index in [2.05, 4.69) is 235 Å². The quantitative estimate of drug-likeness (QED) is 0.133. The minimum absolute atomic E-state index is 0.0192. The molecular formula is C98H110F2N2O2S. The summed E-state index contributed by atoms with van der Waals surface area (Å²) >= 11 is 2.04. The molecule has 3 aromatic rings. The Hall–Kier alpha value is -7.45. The summed E-state index contributed by atoms with van der Waals surface area (Å²) in [5.41, 5.74) is 18.2. The molecule has 0 bridgehead atoms. The van der Waals surface area contributed by atoms with Crippen LogP contribution >= 0.6 is 11.8 Å². The molecule has 4 nitrogen and oxygen atoms in total. The van der Waals surface area contributed by atoms with Crippen molar-refractivity contribution < 1.29 is 18.3 Å². The fraction of sp³-hybridized carbons (Fsp3) is 0.449. The number of nitrogens with zero attached hydrogens (tertiary/aromatic N) is 2. The van der Waals surface area contributed by atoms with E-state index >= 15 is 8.78 Å². The van der Waals surface area contributed by atoms with Gasteiger partial charge in [0.25, 0.3) is 0 Å². The van der Waals surface area contributed by atoms with Crippen LogP contribution < -0.4 is 9.80 Å². The van der Waals surface area contributed by atoms with Crippen LogP contribution in [-0.2, 0) is 20.3 Å². The summed E-state index contributed by atoms with van der Waals surface area (Å²) in [4.78, 5) is 6.51. The summed E-state index contributed by atoms with van der Waals surface area (Å²) in [5, 5.41) is 0.234. The molecule has 7 heteroatoms. The average Bonchev–Trinajstić information content (AvgIpc) is 1.55. The van der Waals surface area contributed by atoms with Gasteiger partial charge in [-0.2, -0.15) is 0 Å². The maximum absolute atomic E-state index is 15.5. The summed E-state index contributed by atoms with van der Waals surface area (Å²) in [6.45, 7) is 22.3. The molecule has 1 heterocycles. The second-order valence-corrected chi connectivity index (χ2v) is 36.5. The molecule has 0 N–H and O–H groups in total. The molecule has 1 saturated carbocycles. The number of ether oxygens (including phenoxy) is 2. The van der Waals surface area contributed by atoms with Gasteiger partial charge in [-0.3, -0.25) is 0 Å². The van der Waals surface area contributed by atoms with E-state index in [1.54, 1.807) is 23.8 Å². The van der Waals surface area contributed by atoms with E-state index in [4.69, 9.17) is 9.47 Å². The van der Waals surface area contributed by atoms with Gasteiger partial charge in [0.2, 0.25) is 0 Å². The van der Waals surface area contributed by atoms with E-state index in [0.29, 0.717) is 60.2 Å². The Kier molecular flexibility index (Phi) is 19.2. The van der Waals surface area contributed by atoms with Crippen LogP contribution in [0.4, 0.5) is 20.2 Å². The predicted molar refractivity (Wildman–Crippen MR) is 433 cm³/mol. The molecule has 1 fully saturated rings. The van der Waals surface area contributed by atoms with Crippen molar-refractivity contribution in [2.45, 2.75) is 210 Å². The van der Waals surface area contributed by atoms with Gasteiger partial charge in [0, 0.05) is 81.3 Å². The SMILES string of the molecule is C=CC1=CCC(OC2=CCC(C3(c4ccc(C(C)(C)C)cc4)c4cc(N(C5=CC6C7=C(CCC(N(C8=CC9C(C=C8)C8C=CCCC8C9(C8=CCC(OC9C=CC(C=C)CC9)C=C8)C8CC=C(C(C)(C)C)CC8)c8ccc(F)cc8)=C7)SC6C=C5)C5=CC=C(F)CC5)ccc4C4C=CCCC43)CC2)CC1. The standard InChI is InChI=1S/C98H110F2N2O2S/c1-9-63-19-47-79(48-20-63)103-81-51-31-69(32-52-81)97(67-27-23-65(24-28-67)95(3,4)5)89-17-13-11-15-83(89)85-55-43-77(61-91(85)97)101(73-39-35-71(99)36-40-73)75-45-57-93-87(59-75)88-60-76(46-58-94(88)105-93)102(74-41-37-72(100)38-42-74)78-44-56-86-84-16-12-14-18-90(84)98(92(86)62-78,68-29-25-66(26-30-68)96(6,7)8)70-33-53-82(54-34-70)104-80-49-21-64(10-2)22-50-80/h9-12,15-16,19,21,23-25,27-28,33-35,37-39,41-45,49,51,53,55-57,59-62,64,68-69,79-80,82-84,86-87,89-90,92-93H,1-2,13-14,17-18,20,22,26,29-32,36,40,46-48,50,52,54,58H2,3-8H3. The monoisotopic (exact) mass is 1420 g/mol. The number of anilines is 2. The third-order valence-corrected chi connectivity index (χ3v) is 29.0. The molecule has 17 rings (SSSR count). The highest BCUT2D eigenvalue weighted by Crippen LogP contribution is 2.70. The Bertz CT molecular complexity index is 4450. The first-order valence-electron chi connectivity index (χ1n) is 40.6. The molecule has 105 heavy (non-hydrogen) atoms. The first-order valence-corrected chi connectivity index (χ1v) is 41.5. The van der Waals surface area contributed by atoms with Crippen LogP contribution in [0, 0.1) is 69.9 Å². The van der Waals surface area contributed by atoms with Crippen LogP contribution in [0.5, 0.6) is 0 Å². The first kappa shape index (κ1) is 70.5. The molecule has 1 aliphatic heterocycles. The van der Waals surface area contributed by atoms with E-state index in [1.165, 1.54) is 73.9 Å². The van der Waals surface area contributed by atoms with Gasteiger partial charge in [-0.15, -0.1) is 18.3 Å². The van der Waals surface area contributed by atoms with Crippen molar-refractivity contribution in [2.24, 2.45) is 64.1 Å². The summed E-state index contributed by atoms with van der Waals surface area (Å²) < 4.78 is 44.8. The molecule has 13 aliphatic carbocycles. The lowest BCUT2D eigenvalue weighted by Crippen LogP contribution is -2.44. The highest BCUT2D eigenvalue weighted by atomic mass is 32.2. The van der Waals surface area contributed by atoms with E-state index < -0.39 is 0 Å². The second-order valence-electron chi connectivity index (χ2n) is 35.2. The highest BCUT2D eigenvalue weighted by Gasteiger charge is 2.63. The number of benzene rings is 3. The predicted octanol–water partition coefficient (Wildman–Crippen LogP) is 25.6. The van der Waals surface area contributed by atoms with Crippen LogP contribution in [0.15, 0.2) is 281 Å². The molecule has 0 radical (unpaired) electrons. The van der Waals surface area contributed by atoms with Crippen LogP contribution in [0.2, 0.25) is 0 Å². The number of thioether (sulfide) groups is 1. The third-order valence-electron chi connectivity index (χ3n) is 27.6. The maximum Gasteiger partial charge on any atom is 0.123 e. The summed E-state index contributed by atoms with van der Waals surface area (Å²) in [5.74, 6) is 4.40. The van der Waals surface area contributed by atoms with E-state index in [9.17, 15) is 0 Å². The van der Waals surface area contributed by atoms with Gasteiger partial charge in [0.1, 0.15) is 17.7 Å². The molecule has 14 aliphatic rings. The summed E-state index contributed by atoms with van der Waals surface area (Å²) in [6, 6.07) is 24.7. The molecule has 0 amide bonds. The largest absolute Gasteiger partial charge is 0.495 e. The smallest absolute Gasteiger partial charge is 0.123 e. The van der Waals surface area contributed by atoms with E-state index in [0.717, 1.165) is 126 Å². The molecule has 3 aromatic carbocycles. The number of hydrogen-bond donors (Lipinski definition) is 0. The van der Waals surface area contributed by atoms with Crippen molar-refractivity contribution in [3.63, 3.8) is 0 Å². The van der Waals surface area contributed by atoms with Crippen molar-refractivity contribution in [1.29, 1.82) is 0 Å². The fourth-order valence-electron chi connectivity index (χ4n) is 22.5. The number of rotatable bonds is 16. The molecule has 544 valence electrons. The summed E-state index contributed by atoms with van der Waals surface area (Å²) in [6.07, 6.45) is 75.3. The van der Waals surface area contributed by atoms with Crippen LogP contribution in [0.1, 0.15) is 198 Å². The number of allylic oxidation sites excluding steroid dienone is 27. The van der Waals surface area contributed by atoms with Crippen LogP contribution in [0.3, 0.4) is 0 Å². The maximum atomic E-state index is 15.5. The zero-order valence-corrected chi connectivity index (χ0v) is 64.0. The van der Waals surface area contributed by atoms with Gasteiger partial charge >= 0.3 is 0 Å². The van der Waals surface area contributed by atoms with Gasteiger partial charge in [0.05, 0.1) is 18.0 Å². The Morgan fingerprint density at radius 1 is 0.590 bits per heavy atom. The average molecular weight is 1420 g/mol. The van der Waals surface area contributed by atoms with Crippen molar-refractivity contribution in [2.75, 3.05) is 9.80 Å². The zero-order chi connectivity index (χ0) is 71.9. The Morgan fingerprint density at radius 3 is 2.07 bits per heavy atom. The minimum Gasteiger partial charge on any atom is -0.495 e. The van der Waals surface area contributed by atoms with Crippen LogP contribution in [-0.4, -0.2) is 23.6 Å².